The minimum atomic E-state index is -0.140. The molecule has 1 saturated heterocycles. The highest BCUT2D eigenvalue weighted by atomic mass is 16.1. The van der Waals surface area contributed by atoms with Crippen molar-refractivity contribution in [3.05, 3.63) is 52.7 Å². The Hall–Kier alpha value is -2.47. The third-order valence-corrected chi connectivity index (χ3v) is 4.32. The first-order valence-electron chi connectivity index (χ1n) is 7.48. The van der Waals surface area contributed by atoms with Crippen LogP contribution in [0, 0.1) is 5.92 Å². The second-order valence-electron chi connectivity index (χ2n) is 5.83. The Kier molecular flexibility index (Phi) is 3.04. The normalized spacial score (nSPS) is 21.5. The van der Waals surface area contributed by atoms with Crippen LogP contribution in [0.1, 0.15) is 18.7 Å². The lowest BCUT2D eigenvalue weighted by Gasteiger charge is -2.13. The van der Waals surface area contributed by atoms with E-state index in [1.165, 1.54) is 0 Å². The second-order valence-corrected chi connectivity index (χ2v) is 5.83. The lowest BCUT2D eigenvalue weighted by atomic mass is 9.97. The maximum atomic E-state index is 12.3. The van der Waals surface area contributed by atoms with E-state index in [2.05, 4.69) is 27.3 Å². The van der Waals surface area contributed by atoms with Gasteiger partial charge in [-0.1, -0.05) is 37.3 Å². The van der Waals surface area contributed by atoms with E-state index in [9.17, 15) is 4.79 Å². The summed E-state index contributed by atoms with van der Waals surface area (Å²) in [6.45, 7) is 3.95. The molecule has 2 aromatic heterocycles. The average Bonchev–Trinajstić information content (AvgIpc) is 3.14. The molecule has 0 saturated carbocycles. The minimum Gasteiger partial charge on any atom is -0.316 e. The lowest BCUT2D eigenvalue weighted by Crippen LogP contribution is -2.21. The summed E-state index contributed by atoms with van der Waals surface area (Å²) >= 11 is 0. The highest BCUT2D eigenvalue weighted by molar-refractivity contribution is 5.60. The topological polar surface area (TPSA) is 75.1 Å². The van der Waals surface area contributed by atoms with Gasteiger partial charge < -0.3 is 10.3 Å². The molecule has 0 bridgehead atoms. The zero-order chi connectivity index (χ0) is 15.1. The van der Waals surface area contributed by atoms with Crippen LogP contribution in [0.5, 0.6) is 0 Å². The SMILES string of the molecule is CC1CNCC1c1nn2c(-c3ccccc3)ncc2c(=O)[nH]1. The fourth-order valence-electron chi connectivity index (χ4n) is 3.04. The number of H-pyrrole nitrogens is 1. The average molecular weight is 295 g/mol. The standard InChI is InChI=1S/C16H17N5O/c1-10-7-17-8-12(10)14-19-16(22)13-9-18-15(21(13)20-14)11-5-3-2-4-6-11/h2-6,9-10,12,17H,7-8H2,1H3,(H,19,20,22). The molecule has 1 aliphatic rings. The molecule has 0 amide bonds. The minimum absolute atomic E-state index is 0.140. The maximum absolute atomic E-state index is 12.3. The van der Waals surface area contributed by atoms with Crippen LogP contribution in [-0.4, -0.2) is 32.7 Å². The van der Waals surface area contributed by atoms with Crippen LogP contribution in [0.2, 0.25) is 0 Å². The van der Waals surface area contributed by atoms with E-state index in [-0.39, 0.29) is 11.5 Å². The van der Waals surface area contributed by atoms with Gasteiger partial charge in [-0.15, -0.1) is 0 Å². The number of aromatic amines is 1. The van der Waals surface area contributed by atoms with Gasteiger partial charge in [-0.2, -0.15) is 5.10 Å². The summed E-state index contributed by atoms with van der Waals surface area (Å²) in [5, 5.41) is 8.00. The first-order chi connectivity index (χ1) is 10.7. The molecular weight excluding hydrogens is 278 g/mol. The van der Waals surface area contributed by atoms with Crippen LogP contribution >= 0.6 is 0 Å². The molecule has 2 unspecified atom stereocenters. The van der Waals surface area contributed by atoms with Gasteiger partial charge in [0.2, 0.25) is 0 Å². The van der Waals surface area contributed by atoms with E-state index in [0.717, 1.165) is 24.5 Å². The molecule has 2 atom stereocenters. The van der Waals surface area contributed by atoms with Gasteiger partial charge in [-0.05, 0) is 12.5 Å². The molecule has 1 aromatic carbocycles. The number of hydrogen-bond acceptors (Lipinski definition) is 4. The van der Waals surface area contributed by atoms with Crippen molar-refractivity contribution in [2.75, 3.05) is 13.1 Å². The number of benzene rings is 1. The summed E-state index contributed by atoms with van der Waals surface area (Å²) in [5.74, 6) is 2.10. The van der Waals surface area contributed by atoms with Crippen molar-refractivity contribution in [2.45, 2.75) is 12.8 Å². The van der Waals surface area contributed by atoms with E-state index in [1.807, 2.05) is 30.3 Å². The smallest absolute Gasteiger partial charge is 0.276 e. The fourth-order valence-corrected chi connectivity index (χ4v) is 3.04. The quantitative estimate of drug-likeness (QED) is 0.749. The predicted molar refractivity (Wildman–Crippen MR) is 83.8 cm³/mol. The second kappa shape index (κ2) is 5.06. The van der Waals surface area contributed by atoms with Gasteiger partial charge in [0, 0.05) is 18.0 Å². The van der Waals surface area contributed by atoms with Crippen molar-refractivity contribution in [2.24, 2.45) is 5.92 Å². The van der Waals surface area contributed by atoms with Gasteiger partial charge in [0.25, 0.3) is 5.56 Å². The maximum Gasteiger partial charge on any atom is 0.276 e. The van der Waals surface area contributed by atoms with Gasteiger partial charge >= 0.3 is 0 Å². The van der Waals surface area contributed by atoms with E-state index in [4.69, 9.17) is 0 Å². The number of aromatic nitrogens is 4. The number of fused-ring (bicyclic) bond motifs is 1. The molecule has 4 rings (SSSR count). The number of imidazole rings is 1. The predicted octanol–water partition coefficient (Wildman–Crippen LogP) is 1.41. The molecule has 1 aliphatic heterocycles. The summed E-state index contributed by atoms with van der Waals surface area (Å²) in [7, 11) is 0. The molecule has 22 heavy (non-hydrogen) atoms. The summed E-state index contributed by atoms with van der Waals surface area (Å²) in [6, 6.07) is 9.80. The fraction of sp³-hybridized carbons (Fsp3) is 0.312. The van der Waals surface area contributed by atoms with Crippen LogP contribution < -0.4 is 10.9 Å². The van der Waals surface area contributed by atoms with Gasteiger partial charge in [-0.25, -0.2) is 9.50 Å². The summed E-state index contributed by atoms with van der Waals surface area (Å²) < 4.78 is 1.66. The zero-order valence-electron chi connectivity index (χ0n) is 12.3. The number of hydrogen-bond donors (Lipinski definition) is 2. The number of nitrogens with zero attached hydrogens (tertiary/aromatic N) is 3. The number of rotatable bonds is 2. The van der Waals surface area contributed by atoms with Crippen molar-refractivity contribution < 1.29 is 0 Å². The summed E-state index contributed by atoms with van der Waals surface area (Å²) in [6.07, 6.45) is 1.58. The molecule has 0 aliphatic carbocycles. The Bertz CT molecular complexity index is 867. The van der Waals surface area contributed by atoms with Gasteiger partial charge in [-0.3, -0.25) is 4.79 Å². The molecular formula is C16H17N5O. The highest BCUT2D eigenvalue weighted by Gasteiger charge is 2.27. The Morgan fingerprint density at radius 3 is 2.77 bits per heavy atom. The highest BCUT2D eigenvalue weighted by Crippen LogP contribution is 2.25. The molecule has 112 valence electrons. The van der Waals surface area contributed by atoms with Gasteiger partial charge in [0.1, 0.15) is 5.82 Å². The molecule has 0 radical (unpaired) electrons. The van der Waals surface area contributed by atoms with Crippen LogP contribution in [0.3, 0.4) is 0 Å². The third kappa shape index (κ3) is 2.03. The van der Waals surface area contributed by atoms with Crippen LogP contribution in [0.25, 0.3) is 16.9 Å². The van der Waals surface area contributed by atoms with Crippen molar-refractivity contribution in [1.82, 2.24) is 24.9 Å². The van der Waals surface area contributed by atoms with Gasteiger partial charge in [0.15, 0.2) is 11.3 Å². The monoisotopic (exact) mass is 295 g/mol. The number of nitrogens with one attached hydrogen (secondary N) is 2. The van der Waals surface area contributed by atoms with Gasteiger partial charge in [0.05, 0.1) is 6.20 Å². The molecule has 2 N–H and O–H groups in total. The van der Waals surface area contributed by atoms with Crippen LogP contribution in [0.4, 0.5) is 0 Å². The Labute approximate surface area is 127 Å². The van der Waals surface area contributed by atoms with Crippen molar-refractivity contribution in [3.8, 4) is 11.4 Å². The summed E-state index contributed by atoms with van der Waals surface area (Å²) in [4.78, 5) is 19.6. The van der Waals surface area contributed by atoms with E-state index >= 15 is 0 Å². The Morgan fingerprint density at radius 2 is 2.05 bits per heavy atom. The Morgan fingerprint density at radius 1 is 1.23 bits per heavy atom. The van der Waals surface area contributed by atoms with Crippen LogP contribution in [-0.2, 0) is 0 Å². The molecule has 1 fully saturated rings. The lowest BCUT2D eigenvalue weighted by molar-refractivity contribution is 0.533. The first-order valence-corrected chi connectivity index (χ1v) is 7.48. The summed E-state index contributed by atoms with van der Waals surface area (Å²) in [5.41, 5.74) is 1.28. The van der Waals surface area contributed by atoms with E-state index < -0.39 is 0 Å². The van der Waals surface area contributed by atoms with Crippen molar-refractivity contribution >= 4 is 5.52 Å². The molecule has 0 spiro atoms. The van der Waals surface area contributed by atoms with E-state index in [1.54, 1.807) is 10.7 Å². The molecule has 6 heteroatoms. The largest absolute Gasteiger partial charge is 0.316 e. The molecule has 3 aromatic rings. The third-order valence-electron chi connectivity index (χ3n) is 4.32. The molecule has 3 heterocycles. The first kappa shape index (κ1) is 13.2. The molecule has 6 nitrogen and oxygen atoms in total. The zero-order valence-corrected chi connectivity index (χ0v) is 12.3. The van der Waals surface area contributed by atoms with Crippen molar-refractivity contribution in [1.29, 1.82) is 0 Å². The van der Waals surface area contributed by atoms with Crippen molar-refractivity contribution in [3.63, 3.8) is 0 Å². The van der Waals surface area contributed by atoms with Crippen LogP contribution in [0.15, 0.2) is 41.3 Å². The van der Waals surface area contributed by atoms with E-state index in [0.29, 0.717) is 17.3 Å². The Balaban J connectivity index is 1.91.